The Balaban J connectivity index is 1.77. The molecule has 6 heteroatoms. The number of carbonyl (C=O) groups is 1. The standard InChI is InChI=1S/C18H26N2O3S/c1-12-4-8-16(9-5-12)20(24(3,22)23)13(2)18(21)19-17-11-14-6-7-15(17)10-14/h4-5,8-9,13-15,17H,6-7,10-11H2,1-3H3,(H,19,21)/t13-,14-,15-,17-/m0/s1. The van der Waals surface area contributed by atoms with Crippen molar-refractivity contribution >= 4 is 21.6 Å². The number of amides is 1. The van der Waals surface area contributed by atoms with Crippen LogP contribution in [0.2, 0.25) is 0 Å². The molecule has 2 fully saturated rings. The summed E-state index contributed by atoms with van der Waals surface area (Å²) in [5.74, 6) is 1.09. The zero-order valence-electron chi connectivity index (χ0n) is 14.5. The summed E-state index contributed by atoms with van der Waals surface area (Å²) in [6.45, 7) is 3.60. The van der Waals surface area contributed by atoms with E-state index in [1.807, 2.05) is 19.1 Å². The van der Waals surface area contributed by atoms with Crippen molar-refractivity contribution < 1.29 is 13.2 Å². The lowest BCUT2D eigenvalue weighted by Gasteiger charge is -2.31. The van der Waals surface area contributed by atoms with Crippen molar-refractivity contribution in [2.75, 3.05) is 10.6 Å². The molecule has 3 rings (SSSR count). The molecule has 2 saturated carbocycles. The van der Waals surface area contributed by atoms with Crippen LogP contribution in [0.5, 0.6) is 0 Å². The van der Waals surface area contributed by atoms with E-state index in [2.05, 4.69) is 5.32 Å². The number of benzene rings is 1. The maximum atomic E-state index is 12.7. The fraction of sp³-hybridized carbons (Fsp3) is 0.611. The number of aryl methyl sites for hydroxylation is 1. The van der Waals surface area contributed by atoms with Crippen molar-refractivity contribution in [1.29, 1.82) is 0 Å². The topological polar surface area (TPSA) is 66.5 Å². The number of nitrogens with zero attached hydrogens (tertiary/aromatic N) is 1. The van der Waals surface area contributed by atoms with Gasteiger partial charge in [0.1, 0.15) is 6.04 Å². The minimum atomic E-state index is -3.55. The van der Waals surface area contributed by atoms with Crippen LogP contribution in [-0.2, 0) is 14.8 Å². The van der Waals surface area contributed by atoms with Crippen LogP contribution in [0.15, 0.2) is 24.3 Å². The van der Waals surface area contributed by atoms with Crippen molar-refractivity contribution in [2.45, 2.75) is 51.6 Å². The van der Waals surface area contributed by atoms with Gasteiger partial charge in [-0.15, -0.1) is 0 Å². The molecule has 0 spiro atoms. The van der Waals surface area contributed by atoms with E-state index in [1.165, 1.54) is 23.6 Å². The summed E-state index contributed by atoms with van der Waals surface area (Å²) in [4.78, 5) is 12.7. The molecule has 0 aromatic heterocycles. The maximum Gasteiger partial charge on any atom is 0.243 e. The van der Waals surface area contributed by atoms with Crippen molar-refractivity contribution in [2.24, 2.45) is 11.8 Å². The van der Waals surface area contributed by atoms with E-state index in [0.29, 0.717) is 11.6 Å². The molecule has 1 amide bonds. The van der Waals surface area contributed by atoms with E-state index >= 15 is 0 Å². The van der Waals surface area contributed by atoms with Crippen LogP contribution in [0, 0.1) is 18.8 Å². The van der Waals surface area contributed by atoms with Gasteiger partial charge in [-0.05, 0) is 57.1 Å². The van der Waals surface area contributed by atoms with Gasteiger partial charge in [0.2, 0.25) is 15.9 Å². The lowest BCUT2D eigenvalue weighted by Crippen LogP contribution is -2.51. The highest BCUT2D eigenvalue weighted by molar-refractivity contribution is 7.92. The zero-order valence-corrected chi connectivity index (χ0v) is 15.3. The third-order valence-electron chi connectivity index (χ3n) is 5.44. The molecular formula is C18H26N2O3S. The summed E-state index contributed by atoms with van der Waals surface area (Å²) >= 11 is 0. The van der Waals surface area contributed by atoms with Crippen LogP contribution in [0.4, 0.5) is 5.69 Å². The summed E-state index contributed by atoms with van der Waals surface area (Å²) in [5.41, 5.74) is 1.57. The van der Waals surface area contributed by atoms with Crippen molar-refractivity contribution in [1.82, 2.24) is 5.32 Å². The molecule has 132 valence electrons. The molecule has 1 N–H and O–H groups in total. The molecule has 4 atom stereocenters. The first kappa shape index (κ1) is 17.3. The number of nitrogens with one attached hydrogen (secondary N) is 1. The zero-order chi connectivity index (χ0) is 17.5. The van der Waals surface area contributed by atoms with Crippen LogP contribution in [0.3, 0.4) is 0 Å². The Labute approximate surface area is 144 Å². The summed E-state index contributed by atoms with van der Waals surface area (Å²) < 4.78 is 25.8. The molecule has 2 aliphatic rings. The first-order valence-electron chi connectivity index (χ1n) is 8.62. The fourth-order valence-electron chi connectivity index (χ4n) is 4.23. The first-order chi connectivity index (χ1) is 11.3. The Kier molecular flexibility index (Phi) is 4.60. The molecule has 24 heavy (non-hydrogen) atoms. The average molecular weight is 350 g/mol. The van der Waals surface area contributed by atoms with Crippen LogP contribution in [0.1, 0.15) is 38.2 Å². The Hall–Kier alpha value is -1.56. The van der Waals surface area contributed by atoms with Gasteiger partial charge in [-0.2, -0.15) is 0 Å². The molecular weight excluding hydrogens is 324 g/mol. The van der Waals surface area contributed by atoms with Crippen molar-refractivity contribution in [3.63, 3.8) is 0 Å². The second kappa shape index (κ2) is 6.39. The average Bonchev–Trinajstić information content (AvgIpc) is 3.10. The lowest BCUT2D eigenvalue weighted by atomic mass is 9.95. The van der Waals surface area contributed by atoms with Gasteiger partial charge in [0, 0.05) is 6.04 Å². The van der Waals surface area contributed by atoms with E-state index < -0.39 is 16.1 Å². The van der Waals surface area contributed by atoms with Gasteiger partial charge in [-0.1, -0.05) is 24.1 Å². The van der Waals surface area contributed by atoms with Gasteiger partial charge in [0.15, 0.2) is 0 Å². The minimum Gasteiger partial charge on any atom is -0.351 e. The summed E-state index contributed by atoms with van der Waals surface area (Å²) in [7, 11) is -3.55. The van der Waals surface area contributed by atoms with Crippen LogP contribution in [0.25, 0.3) is 0 Å². The van der Waals surface area contributed by atoms with E-state index in [4.69, 9.17) is 0 Å². The van der Waals surface area contributed by atoms with Crippen molar-refractivity contribution in [3.8, 4) is 0 Å². The second-order valence-electron chi connectivity index (χ2n) is 7.36. The Morgan fingerprint density at radius 1 is 1.21 bits per heavy atom. The molecule has 2 aliphatic carbocycles. The molecule has 0 unspecified atom stereocenters. The van der Waals surface area contributed by atoms with Crippen LogP contribution in [-0.4, -0.2) is 32.7 Å². The highest BCUT2D eigenvalue weighted by atomic mass is 32.2. The summed E-state index contributed by atoms with van der Waals surface area (Å²) in [6.07, 6.45) is 5.83. The molecule has 5 nitrogen and oxygen atoms in total. The van der Waals surface area contributed by atoms with Crippen LogP contribution >= 0.6 is 0 Å². The predicted molar refractivity (Wildman–Crippen MR) is 95.3 cm³/mol. The van der Waals surface area contributed by atoms with E-state index in [0.717, 1.165) is 24.2 Å². The Bertz CT molecular complexity index is 714. The quantitative estimate of drug-likeness (QED) is 0.887. The minimum absolute atomic E-state index is 0.207. The Morgan fingerprint density at radius 3 is 2.38 bits per heavy atom. The molecule has 2 bridgehead atoms. The summed E-state index contributed by atoms with van der Waals surface area (Å²) in [6, 6.07) is 6.65. The number of rotatable bonds is 5. The van der Waals surface area contributed by atoms with Gasteiger partial charge in [0.05, 0.1) is 11.9 Å². The highest BCUT2D eigenvalue weighted by Gasteiger charge is 2.41. The smallest absolute Gasteiger partial charge is 0.243 e. The molecule has 1 aromatic carbocycles. The van der Waals surface area contributed by atoms with E-state index in [-0.39, 0.29) is 11.9 Å². The number of anilines is 1. The monoisotopic (exact) mass is 350 g/mol. The third kappa shape index (κ3) is 3.43. The first-order valence-corrected chi connectivity index (χ1v) is 10.5. The van der Waals surface area contributed by atoms with Gasteiger partial charge < -0.3 is 5.32 Å². The number of sulfonamides is 1. The number of fused-ring (bicyclic) bond motifs is 2. The van der Waals surface area contributed by atoms with Gasteiger partial charge >= 0.3 is 0 Å². The third-order valence-corrected chi connectivity index (χ3v) is 6.68. The normalized spacial score (nSPS) is 27.0. The van der Waals surface area contributed by atoms with Crippen molar-refractivity contribution in [3.05, 3.63) is 29.8 Å². The molecule has 0 radical (unpaired) electrons. The Morgan fingerprint density at radius 2 is 1.88 bits per heavy atom. The molecule has 0 saturated heterocycles. The van der Waals surface area contributed by atoms with E-state index in [1.54, 1.807) is 19.1 Å². The summed E-state index contributed by atoms with van der Waals surface area (Å²) in [5, 5.41) is 3.10. The number of hydrogen-bond acceptors (Lipinski definition) is 3. The largest absolute Gasteiger partial charge is 0.351 e. The molecule has 0 heterocycles. The number of hydrogen-bond donors (Lipinski definition) is 1. The second-order valence-corrected chi connectivity index (χ2v) is 9.22. The predicted octanol–water partition coefficient (Wildman–Crippen LogP) is 2.45. The molecule has 0 aliphatic heterocycles. The maximum absolute atomic E-state index is 12.7. The molecule has 1 aromatic rings. The lowest BCUT2D eigenvalue weighted by molar-refractivity contribution is -0.122. The van der Waals surface area contributed by atoms with Gasteiger partial charge in [-0.3, -0.25) is 9.10 Å². The fourth-order valence-corrected chi connectivity index (χ4v) is 5.40. The highest BCUT2D eigenvalue weighted by Crippen LogP contribution is 2.44. The van der Waals surface area contributed by atoms with Crippen LogP contribution < -0.4 is 9.62 Å². The SMILES string of the molecule is Cc1ccc(N([C@@H](C)C(=O)N[C@H]2C[C@H]3CC[C@H]2C3)S(C)(=O)=O)cc1. The number of carbonyl (C=O) groups excluding carboxylic acids is 1. The van der Waals surface area contributed by atoms with E-state index in [9.17, 15) is 13.2 Å². The van der Waals surface area contributed by atoms with Gasteiger partial charge in [-0.25, -0.2) is 8.42 Å². The van der Waals surface area contributed by atoms with Gasteiger partial charge in [0.25, 0.3) is 0 Å².